The molecule has 0 saturated carbocycles. The summed E-state index contributed by atoms with van der Waals surface area (Å²) in [7, 11) is 0. The molecule has 0 amide bonds. The highest BCUT2D eigenvalue weighted by Gasteiger charge is 2.14. The summed E-state index contributed by atoms with van der Waals surface area (Å²) in [5.74, 6) is 3.17. The zero-order valence-electron chi connectivity index (χ0n) is 8.95. The van der Waals surface area contributed by atoms with E-state index in [-0.39, 0.29) is 5.41 Å². The minimum atomic E-state index is 0.274. The second-order valence-corrected chi connectivity index (χ2v) is 5.36. The molecule has 0 bridgehead atoms. The van der Waals surface area contributed by atoms with Crippen molar-refractivity contribution in [3.8, 4) is 0 Å². The van der Waals surface area contributed by atoms with Crippen molar-refractivity contribution in [2.24, 2.45) is 11.1 Å². The molecular formula is C11H19NOS. The van der Waals surface area contributed by atoms with Crippen molar-refractivity contribution in [3.63, 3.8) is 0 Å². The summed E-state index contributed by atoms with van der Waals surface area (Å²) in [6.45, 7) is 5.18. The van der Waals surface area contributed by atoms with Gasteiger partial charge in [-0.15, -0.1) is 0 Å². The van der Waals surface area contributed by atoms with Crippen LogP contribution < -0.4 is 5.73 Å². The van der Waals surface area contributed by atoms with Gasteiger partial charge in [0.1, 0.15) is 5.76 Å². The molecule has 0 saturated heterocycles. The summed E-state index contributed by atoms with van der Waals surface area (Å²) < 4.78 is 5.25. The Kier molecular flexibility index (Phi) is 4.55. The summed E-state index contributed by atoms with van der Waals surface area (Å²) in [4.78, 5) is 0. The SMILES string of the molecule is CC(C)(CN)CCSCc1ccco1. The van der Waals surface area contributed by atoms with Crippen LogP contribution in [0.1, 0.15) is 26.0 Å². The molecule has 0 radical (unpaired) electrons. The minimum Gasteiger partial charge on any atom is -0.468 e. The maximum absolute atomic E-state index is 5.66. The van der Waals surface area contributed by atoms with Crippen LogP contribution >= 0.6 is 11.8 Å². The lowest BCUT2D eigenvalue weighted by Gasteiger charge is -2.21. The Morgan fingerprint density at radius 3 is 2.86 bits per heavy atom. The number of furan rings is 1. The molecule has 14 heavy (non-hydrogen) atoms. The third kappa shape index (κ3) is 4.20. The summed E-state index contributed by atoms with van der Waals surface area (Å²) >= 11 is 1.90. The largest absolute Gasteiger partial charge is 0.468 e. The number of hydrogen-bond acceptors (Lipinski definition) is 3. The van der Waals surface area contributed by atoms with Gasteiger partial charge < -0.3 is 10.2 Å². The molecule has 0 unspecified atom stereocenters. The van der Waals surface area contributed by atoms with Crippen molar-refractivity contribution >= 4 is 11.8 Å². The standard InChI is InChI=1S/C11H19NOS/c1-11(2,9-12)5-7-14-8-10-4-3-6-13-10/h3-4,6H,5,7-9,12H2,1-2H3. The maximum atomic E-state index is 5.66. The summed E-state index contributed by atoms with van der Waals surface area (Å²) in [5, 5.41) is 0. The first kappa shape index (κ1) is 11.7. The Morgan fingerprint density at radius 1 is 1.50 bits per heavy atom. The number of nitrogens with two attached hydrogens (primary N) is 1. The molecule has 0 aromatic carbocycles. The normalized spacial score (nSPS) is 11.9. The molecule has 0 aliphatic heterocycles. The quantitative estimate of drug-likeness (QED) is 0.738. The number of hydrogen-bond donors (Lipinski definition) is 1. The van der Waals surface area contributed by atoms with Gasteiger partial charge in [0.05, 0.1) is 12.0 Å². The van der Waals surface area contributed by atoms with E-state index in [4.69, 9.17) is 10.2 Å². The lowest BCUT2D eigenvalue weighted by molar-refractivity contribution is 0.368. The molecule has 1 aromatic heterocycles. The number of thioether (sulfide) groups is 1. The molecule has 1 rings (SSSR count). The lowest BCUT2D eigenvalue weighted by atomic mass is 9.91. The Bertz CT molecular complexity index is 244. The first-order chi connectivity index (χ1) is 6.64. The monoisotopic (exact) mass is 213 g/mol. The molecule has 0 aliphatic rings. The van der Waals surface area contributed by atoms with Gasteiger partial charge >= 0.3 is 0 Å². The van der Waals surface area contributed by atoms with E-state index in [1.165, 1.54) is 0 Å². The highest BCUT2D eigenvalue weighted by atomic mass is 32.2. The van der Waals surface area contributed by atoms with Crippen LogP contribution in [0.15, 0.2) is 22.8 Å². The van der Waals surface area contributed by atoms with Crippen LogP contribution in [0.4, 0.5) is 0 Å². The van der Waals surface area contributed by atoms with Crippen LogP contribution in [0.5, 0.6) is 0 Å². The van der Waals surface area contributed by atoms with E-state index in [9.17, 15) is 0 Å². The van der Waals surface area contributed by atoms with Crippen molar-refractivity contribution in [2.45, 2.75) is 26.0 Å². The van der Waals surface area contributed by atoms with Crippen LogP contribution in [0.25, 0.3) is 0 Å². The van der Waals surface area contributed by atoms with E-state index in [2.05, 4.69) is 13.8 Å². The van der Waals surface area contributed by atoms with Gasteiger partial charge in [0, 0.05) is 0 Å². The molecule has 3 heteroatoms. The van der Waals surface area contributed by atoms with E-state index in [1.54, 1.807) is 6.26 Å². The molecule has 0 spiro atoms. The first-order valence-corrected chi connectivity index (χ1v) is 6.10. The van der Waals surface area contributed by atoms with Gasteiger partial charge in [-0.3, -0.25) is 0 Å². The molecule has 0 aliphatic carbocycles. The highest BCUT2D eigenvalue weighted by molar-refractivity contribution is 7.98. The third-order valence-electron chi connectivity index (χ3n) is 2.30. The van der Waals surface area contributed by atoms with Crippen molar-refractivity contribution < 1.29 is 4.42 Å². The van der Waals surface area contributed by atoms with Crippen molar-refractivity contribution in [2.75, 3.05) is 12.3 Å². The zero-order valence-corrected chi connectivity index (χ0v) is 9.77. The molecule has 1 aromatic rings. The lowest BCUT2D eigenvalue weighted by Crippen LogP contribution is -2.24. The van der Waals surface area contributed by atoms with Crippen LogP contribution in [0, 0.1) is 5.41 Å². The molecule has 2 N–H and O–H groups in total. The van der Waals surface area contributed by atoms with Crippen LogP contribution in [0.2, 0.25) is 0 Å². The molecule has 2 nitrogen and oxygen atoms in total. The van der Waals surface area contributed by atoms with Gasteiger partial charge in [0.2, 0.25) is 0 Å². The molecule has 80 valence electrons. The Balaban J connectivity index is 2.11. The summed E-state index contributed by atoms with van der Waals surface area (Å²) in [6.07, 6.45) is 2.88. The topological polar surface area (TPSA) is 39.2 Å². The Morgan fingerprint density at radius 2 is 2.29 bits per heavy atom. The Hall–Kier alpha value is -0.410. The fourth-order valence-electron chi connectivity index (χ4n) is 1.02. The second kappa shape index (κ2) is 5.47. The number of rotatable bonds is 6. The Labute approximate surface area is 90.2 Å². The fourth-order valence-corrected chi connectivity index (χ4v) is 2.22. The van der Waals surface area contributed by atoms with Gasteiger partial charge in [-0.25, -0.2) is 0 Å². The average Bonchev–Trinajstić information content (AvgIpc) is 2.65. The van der Waals surface area contributed by atoms with Gasteiger partial charge in [0.15, 0.2) is 0 Å². The maximum Gasteiger partial charge on any atom is 0.113 e. The first-order valence-electron chi connectivity index (χ1n) is 4.94. The van der Waals surface area contributed by atoms with E-state index < -0.39 is 0 Å². The minimum absolute atomic E-state index is 0.274. The average molecular weight is 213 g/mol. The molecule has 0 atom stereocenters. The zero-order chi connectivity index (χ0) is 10.4. The molecule has 1 heterocycles. The van der Waals surface area contributed by atoms with E-state index in [0.29, 0.717) is 0 Å². The van der Waals surface area contributed by atoms with Crippen LogP contribution in [-0.4, -0.2) is 12.3 Å². The molecule has 0 fully saturated rings. The van der Waals surface area contributed by atoms with Crippen LogP contribution in [0.3, 0.4) is 0 Å². The fraction of sp³-hybridized carbons (Fsp3) is 0.636. The van der Waals surface area contributed by atoms with Crippen molar-refractivity contribution in [1.29, 1.82) is 0 Å². The van der Waals surface area contributed by atoms with Crippen molar-refractivity contribution in [3.05, 3.63) is 24.2 Å². The van der Waals surface area contributed by atoms with Gasteiger partial charge in [-0.05, 0) is 36.3 Å². The van der Waals surface area contributed by atoms with Crippen molar-refractivity contribution in [1.82, 2.24) is 0 Å². The van der Waals surface area contributed by atoms with Crippen LogP contribution in [-0.2, 0) is 5.75 Å². The summed E-state index contributed by atoms with van der Waals surface area (Å²) in [6, 6.07) is 3.95. The van der Waals surface area contributed by atoms with E-state index >= 15 is 0 Å². The molecular weight excluding hydrogens is 194 g/mol. The predicted molar refractivity (Wildman–Crippen MR) is 62.3 cm³/mol. The van der Waals surface area contributed by atoms with E-state index in [0.717, 1.165) is 30.2 Å². The smallest absolute Gasteiger partial charge is 0.113 e. The third-order valence-corrected chi connectivity index (χ3v) is 3.28. The summed E-state index contributed by atoms with van der Waals surface area (Å²) in [5.41, 5.74) is 5.93. The van der Waals surface area contributed by atoms with Gasteiger partial charge in [0.25, 0.3) is 0 Å². The van der Waals surface area contributed by atoms with Gasteiger partial charge in [-0.1, -0.05) is 13.8 Å². The second-order valence-electron chi connectivity index (χ2n) is 4.25. The predicted octanol–water partition coefficient (Wildman–Crippen LogP) is 2.89. The highest BCUT2D eigenvalue weighted by Crippen LogP contribution is 2.22. The van der Waals surface area contributed by atoms with E-state index in [1.807, 2.05) is 23.9 Å². The van der Waals surface area contributed by atoms with Gasteiger partial charge in [-0.2, -0.15) is 11.8 Å².